The molecular weight excluding hydrogens is 400 g/mol. The van der Waals surface area contributed by atoms with Crippen molar-refractivity contribution in [2.75, 3.05) is 33.3 Å². The molecule has 0 radical (unpaired) electrons. The maximum atomic E-state index is 13.8. The molecule has 0 atom stereocenters. The van der Waals surface area contributed by atoms with Gasteiger partial charge in [-0.15, -0.1) is 0 Å². The van der Waals surface area contributed by atoms with E-state index in [0.29, 0.717) is 24.2 Å². The maximum absolute atomic E-state index is 13.8. The van der Waals surface area contributed by atoms with Crippen molar-refractivity contribution < 1.29 is 14.3 Å². The lowest BCUT2D eigenvalue weighted by Gasteiger charge is -2.44. The van der Waals surface area contributed by atoms with Crippen LogP contribution >= 0.6 is 0 Å². The largest absolute Gasteiger partial charge is 0.496 e. The molecule has 32 heavy (non-hydrogen) atoms. The minimum Gasteiger partial charge on any atom is -0.496 e. The molecule has 1 heterocycles. The number of Topliss-reactive ketones (excluding diaryl/α,β-unsaturated/α-hetero) is 2. The molecule has 0 unspecified atom stereocenters. The zero-order valence-electron chi connectivity index (χ0n) is 18.2. The summed E-state index contributed by atoms with van der Waals surface area (Å²) in [6.45, 7) is 3.58. The van der Waals surface area contributed by atoms with Crippen molar-refractivity contribution in [1.82, 2.24) is 9.80 Å². The number of ketones is 2. The summed E-state index contributed by atoms with van der Waals surface area (Å²) in [5.74, 6) is 0.664. The lowest BCUT2D eigenvalue weighted by molar-refractivity contribution is 0.0278. The van der Waals surface area contributed by atoms with Gasteiger partial charge in [0.05, 0.1) is 7.11 Å². The molecule has 3 aromatic carbocycles. The van der Waals surface area contributed by atoms with Crippen molar-refractivity contribution in [3.8, 4) is 5.75 Å². The first kappa shape index (κ1) is 20.6. The number of para-hydroxylation sites is 1. The Morgan fingerprint density at radius 3 is 1.94 bits per heavy atom. The summed E-state index contributed by atoms with van der Waals surface area (Å²) in [6.07, 6.45) is 0. The Morgan fingerprint density at radius 1 is 0.750 bits per heavy atom. The standard InChI is InChI=1S/C27H26N2O3/c1-32-24-14-8-5-9-20(24)19-28-15-17-29(18-16-28)27(21-10-3-2-4-11-21)25(30)22-12-6-7-13-23(22)26(27)31/h2-14H,15-19H2,1H3. The molecule has 3 aromatic rings. The fraction of sp³-hybridized carbons (Fsp3) is 0.259. The van der Waals surface area contributed by atoms with E-state index in [2.05, 4.69) is 15.9 Å². The van der Waals surface area contributed by atoms with E-state index in [1.165, 1.54) is 0 Å². The van der Waals surface area contributed by atoms with E-state index in [9.17, 15) is 9.59 Å². The van der Waals surface area contributed by atoms with E-state index in [1.54, 1.807) is 19.2 Å². The normalized spacial score (nSPS) is 18.5. The molecule has 2 aliphatic rings. The van der Waals surface area contributed by atoms with Crippen LogP contribution in [0.25, 0.3) is 0 Å². The van der Waals surface area contributed by atoms with Gasteiger partial charge in [0.2, 0.25) is 0 Å². The van der Waals surface area contributed by atoms with Gasteiger partial charge in [-0.05, 0) is 11.6 Å². The van der Waals surface area contributed by atoms with Crippen molar-refractivity contribution in [3.05, 3.63) is 101 Å². The van der Waals surface area contributed by atoms with Gasteiger partial charge in [-0.3, -0.25) is 19.4 Å². The van der Waals surface area contributed by atoms with Crippen LogP contribution in [0.2, 0.25) is 0 Å². The smallest absolute Gasteiger partial charge is 0.196 e. The van der Waals surface area contributed by atoms with E-state index in [-0.39, 0.29) is 11.6 Å². The first-order valence-corrected chi connectivity index (χ1v) is 11.0. The number of rotatable bonds is 5. The Labute approximate surface area is 188 Å². The highest BCUT2D eigenvalue weighted by Crippen LogP contribution is 2.43. The van der Waals surface area contributed by atoms with Crippen LogP contribution in [0.15, 0.2) is 78.9 Å². The number of benzene rings is 3. The van der Waals surface area contributed by atoms with Gasteiger partial charge < -0.3 is 4.74 Å². The third-order valence-electron chi connectivity index (χ3n) is 6.70. The van der Waals surface area contributed by atoms with Crippen LogP contribution in [-0.4, -0.2) is 54.7 Å². The van der Waals surface area contributed by atoms with Crippen LogP contribution in [0.4, 0.5) is 0 Å². The predicted octanol–water partition coefficient (Wildman–Crippen LogP) is 3.79. The monoisotopic (exact) mass is 426 g/mol. The Bertz CT molecular complexity index is 1120. The van der Waals surface area contributed by atoms with E-state index < -0.39 is 5.54 Å². The van der Waals surface area contributed by atoms with Crippen molar-refractivity contribution in [1.29, 1.82) is 0 Å². The summed E-state index contributed by atoms with van der Waals surface area (Å²) < 4.78 is 5.50. The second kappa shape index (κ2) is 8.34. The average Bonchev–Trinajstić information content (AvgIpc) is 3.08. The van der Waals surface area contributed by atoms with Gasteiger partial charge in [0, 0.05) is 49.4 Å². The molecular formula is C27H26N2O3. The van der Waals surface area contributed by atoms with Gasteiger partial charge in [0.15, 0.2) is 17.1 Å². The quantitative estimate of drug-likeness (QED) is 0.581. The van der Waals surface area contributed by atoms with Gasteiger partial charge in [0.25, 0.3) is 0 Å². The molecule has 5 rings (SSSR count). The van der Waals surface area contributed by atoms with Gasteiger partial charge in [-0.25, -0.2) is 0 Å². The van der Waals surface area contributed by atoms with Crippen molar-refractivity contribution in [3.63, 3.8) is 0 Å². The second-order valence-electron chi connectivity index (χ2n) is 8.36. The second-order valence-corrected chi connectivity index (χ2v) is 8.36. The molecule has 1 aliphatic heterocycles. The van der Waals surface area contributed by atoms with Crippen LogP contribution in [0.5, 0.6) is 5.75 Å². The molecule has 162 valence electrons. The number of piperazine rings is 1. The first-order chi connectivity index (χ1) is 15.7. The lowest BCUT2D eigenvalue weighted by atomic mass is 9.82. The minimum atomic E-state index is -1.28. The fourth-order valence-electron chi connectivity index (χ4n) is 5.10. The molecule has 0 aromatic heterocycles. The number of ether oxygens (including phenoxy) is 1. The molecule has 1 saturated heterocycles. The molecule has 0 amide bonds. The molecule has 5 nitrogen and oxygen atoms in total. The van der Waals surface area contributed by atoms with E-state index >= 15 is 0 Å². The van der Waals surface area contributed by atoms with E-state index in [1.807, 2.05) is 60.7 Å². The number of methoxy groups -OCH3 is 1. The number of carbonyl (C=O) groups excluding carboxylic acids is 2. The summed E-state index contributed by atoms with van der Waals surface area (Å²) in [4.78, 5) is 32.0. The fourth-order valence-corrected chi connectivity index (χ4v) is 5.10. The Hall–Kier alpha value is -3.28. The lowest BCUT2D eigenvalue weighted by Crippen LogP contribution is -2.60. The number of hydrogen-bond acceptors (Lipinski definition) is 5. The van der Waals surface area contributed by atoms with Gasteiger partial charge in [-0.2, -0.15) is 0 Å². The highest BCUT2D eigenvalue weighted by molar-refractivity contribution is 6.32. The molecule has 0 N–H and O–H groups in total. The summed E-state index contributed by atoms with van der Waals surface area (Å²) in [5.41, 5.74) is 1.67. The zero-order valence-corrected chi connectivity index (χ0v) is 18.2. The molecule has 5 heteroatoms. The third kappa shape index (κ3) is 3.17. The summed E-state index contributed by atoms with van der Waals surface area (Å²) in [5, 5.41) is 0. The zero-order chi connectivity index (χ0) is 22.1. The predicted molar refractivity (Wildman–Crippen MR) is 123 cm³/mol. The molecule has 0 spiro atoms. The van der Waals surface area contributed by atoms with Gasteiger partial charge in [0.1, 0.15) is 5.75 Å². The Balaban J connectivity index is 1.44. The maximum Gasteiger partial charge on any atom is 0.196 e. The Morgan fingerprint density at radius 2 is 1.31 bits per heavy atom. The number of carbonyl (C=O) groups is 2. The van der Waals surface area contributed by atoms with Crippen molar-refractivity contribution >= 4 is 11.6 Å². The van der Waals surface area contributed by atoms with E-state index in [0.717, 1.165) is 36.5 Å². The topological polar surface area (TPSA) is 49.9 Å². The van der Waals surface area contributed by atoms with Crippen LogP contribution in [0.3, 0.4) is 0 Å². The number of nitrogens with zero attached hydrogens (tertiary/aromatic N) is 2. The van der Waals surface area contributed by atoms with E-state index in [4.69, 9.17) is 4.74 Å². The molecule has 0 bridgehead atoms. The SMILES string of the molecule is COc1ccccc1CN1CCN(C2(c3ccccc3)C(=O)c3ccccc3C2=O)CC1. The summed E-state index contributed by atoms with van der Waals surface area (Å²) >= 11 is 0. The molecule has 0 saturated carbocycles. The average molecular weight is 427 g/mol. The third-order valence-corrected chi connectivity index (χ3v) is 6.70. The number of hydrogen-bond donors (Lipinski definition) is 0. The highest BCUT2D eigenvalue weighted by Gasteiger charge is 2.58. The van der Waals surface area contributed by atoms with Crippen LogP contribution in [0.1, 0.15) is 31.8 Å². The van der Waals surface area contributed by atoms with Crippen LogP contribution < -0.4 is 4.74 Å². The van der Waals surface area contributed by atoms with Crippen LogP contribution in [0, 0.1) is 0 Å². The summed E-state index contributed by atoms with van der Waals surface area (Å²) in [7, 11) is 1.69. The minimum absolute atomic E-state index is 0.109. The number of fused-ring (bicyclic) bond motifs is 1. The molecule has 1 aliphatic carbocycles. The Kier molecular flexibility index (Phi) is 5.37. The van der Waals surface area contributed by atoms with Gasteiger partial charge >= 0.3 is 0 Å². The summed E-state index contributed by atoms with van der Waals surface area (Å²) in [6, 6.07) is 24.8. The van der Waals surface area contributed by atoms with Gasteiger partial charge in [-0.1, -0.05) is 72.8 Å². The first-order valence-electron chi connectivity index (χ1n) is 11.0. The van der Waals surface area contributed by atoms with Crippen molar-refractivity contribution in [2.24, 2.45) is 0 Å². The van der Waals surface area contributed by atoms with Crippen LogP contribution in [-0.2, 0) is 12.1 Å². The highest BCUT2D eigenvalue weighted by atomic mass is 16.5. The molecule has 1 fully saturated rings. The van der Waals surface area contributed by atoms with Crippen molar-refractivity contribution in [2.45, 2.75) is 12.1 Å².